The van der Waals surface area contributed by atoms with Gasteiger partial charge in [0.05, 0.1) is 35.9 Å². The quantitative estimate of drug-likeness (QED) is 0.253. The van der Waals surface area contributed by atoms with E-state index in [9.17, 15) is 24.3 Å². The molecule has 14 atom stereocenters. The third kappa shape index (κ3) is 8.09. The summed E-state index contributed by atoms with van der Waals surface area (Å²) in [6.07, 6.45) is 3.93. The van der Waals surface area contributed by atoms with Crippen LogP contribution in [0, 0.1) is 29.1 Å². The SMILES string of the molecule is CCC1OC(=O)[C@H](C)C(=O)[C@H](C)[C@@H](OC2O[C@H](C)C[C@H](N(C)C)[C@H]2O)[C@](C)(OC)C2(CCCn3cnc(-c4cccnc4)c3)C[C@@H](C)C(=O)[C@H](C)[C@H]3N(C2)C(=O)O[C@@]13C. The standard InChI is InChI=1S/C44H65N5O10/c1-12-33-42(7)37-27(4)34(50)25(2)20-44(23-49(37)41(54)59-42,16-14-18-48-22-31(46-24-48)30-15-13-17-45-21-30)43(8,55-11)38(28(5)35(51)29(6)39(53)57-33)58-40-36(52)32(47(9)10)19-26(3)56-40/h13,15,17,21-22,24-29,32-33,36-38,40,52H,12,14,16,18-20,23H2,1-11H3/t25-,26-,27+,28+,29-,32+,33?,36-,37-,38-,40?,42+,43+,44?/m1/s1. The van der Waals surface area contributed by atoms with Gasteiger partial charge in [-0.05, 0) is 86.0 Å². The maximum atomic E-state index is 14.7. The molecular formula is C44H65N5O10. The number of methoxy groups -OCH3 is 1. The highest BCUT2D eigenvalue weighted by Crippen LogP contribution is 2.54. The first kappa shape index (κ1) is 44.8. The van der Waals surface area contributed by atoms with Gasteiger partial charge in [-0.3, -0.25) is 24.3 Å². The number of hydrogen-bond donors (Lipinski definition) is 1. The second kappa shape index (κ2) is 17.3. The molecule has 4 aliphatic heterocycles. The van der Waals surface area contributed by atoms with E-state index >= 15 is 0 Å². The van der Waals surface area contributed by atoms with Gasteiger partial charge in [0.1, 0.15) is 23.9 Å². The molecule has 0 aromatic carbocycles. The van der Waals surface area contributed by atoms with Crippen LogP contribution in [0.1, 0.15) is 87.5 Å². The Hall–Kier alpha value is -3.76. The minimum atomic E-state index is -1.45. The van der Waals surface area contributed by atoms with Gasteiger partial charge in [-0.1, -0.05) is 27.7 Å². The number of esters is 1. The fraction of sp³-hybridized carbons (Fsp3) is 0.727. The summed E-state index contributed by atoms with van der Waals surface area (Å²) in [5, 5.41) is 11.8. The number of likely N-dealkylation sites (N-methyl/N-ethyl adjacent to an activating group) is 1. The van der Waals surface area contributed by atoms with Crippen molar-refractivity contribution in [2.24, 2.45) is 29.1 Å². The Kier molecular flexibility index (Phi) is 13.1. The Bertz CT molecular complexity index is 1840. The van der Waals surface area contributed by atoms with Gasteiger partial charge in [0.25, 0.3) is 0 Å². The van der Waals surface area contributed by atoms with E-state index in [0.717, 1.165) is 11.3 Å². The van der Waals surface area contributed by atoms with Crippen LogP contribution in [0.3, 0.4) is 0 Å². The van der Waals surface area contributed by atoms with E-state index in [4.69, 9.17) is 23.7 Å². The summed E-state index contributed by atoms with van der Waals surface area (Å²) in [5.41, 5.74) is -2.29. The highest BCUT2D eigenvalue weighted by molar-refractivity contribution is 6.00. The summed E-state index contributed by atoms with van der Waals surface area (Å²) in [7, 11) is 5.31. The molecule has 326 valence electrons. The van der Waals surface area contributed by atoms with Gasteiger partial charge in [0.2, 0.25) is 0 Å². The summed E-state index contributed by atoms with van der Waals surface area (Å²) >= 11 is 0. The van der Waals surface area contributed by atoms with Crippen molar-refractivity contribution in [1.29, 1.82) is 0 Å². The van der Waals surface area contributed by atoms with Crippen molar-refractivity contribution in [3.8, 4) is 11.3 Å². The number of imidazole rings is 1. The molecule has 2 aromatic rings. The molecule has 4 bridgehead atoms. The van der Waals surface area contributed by atoms with Crippen molar-refractivity contribution in [3.05, 3.63) is 37.1 Å². The van der Waals surface area contributed by atoms with Gasteiger partial charge in [-0.25, -0.2) is 9.78 Å². The fourth-order valence-corrected chi connectivity index (χ4v) is 10.8. The highest BCUT2D eigenvalue weighted by atomic mass is 16.7. The van der Waals surface area contributed by atoms with Gasteiger partial charge < -0.3 is 38.3 Å². The highest BCUT2D eigenvalue weighted by Gasteiger charge is 2.66. The van der Waals surface area contributed by atoms with Crippen molar-refractivity contribution in [1.82, 2.24) is 24.3 Å². The van der Waals surface area contributed by atoms with E-state index in [1.54, 1.807) is 44.6 Å². The summed E-state index contributed by atoms with van der Waals surface area (Å²) in [4.78, 5) is 70.4. The zero-order valence-corrected chi connectivity index (χ0v) is 36.6. The number of aryl methyl sites for hydroxylation is 1. The molecule has 3 unspecified atom stereocenters. The van der Waals surface area contributed by atoms with E-state index in [1.807, 2.05) is 76.5 Å². The average molecular weight is 824 g/mol. The van der Waals surface area contributed by atoms with Crippen LogP contribution in [0.15, 0.2) is 37.1 Å². The molecule has 1 amide bonds. The molecular weight excluding hydrogens is 759 g/mol. The molecule has 0 spiro atoms. The van der Waals surface area contributed by atoms with Crippen LogP contribution in [-0.4, -0.2) is 135 Å². The lowest BCUT2D eigenvalue weighted by molar-refractivity contribution is -0.309. The molecule has 6 heterocycles. The Morgan fingerprint density at radius 2 is 1.78 bits per heavy atom. The number of Topliss-reactive ketones (excluding diaryl/α,β-unsaturated/α-hetero) is 2. The summed E-state index contributed by atoms with van der Waals surface area (Å²) in [5.74, 6) is -4.73. The number of hydrogen-bond acceptors (Lipinski definition) is 13. The number of aliphatic hydroxyl groups is 1. The van der Waals surface area contributed by atoms with E-state index in [2.05, 4.69) is 9.97 Å². The first-order chi connectivity index (χ1) is 27.8. The van der Waals surface area contributed by atoms with Crippen molar-refractivity contribution >= 4 is 23.6 Å². The predicted molar refractivity (Wildman–Crippen MR) is 217 cm³/mol. The van der Waals surface area contributed by atoms with Crippen molar-refractivity contribution in [3.63, 3.8) is 0 Å². The smallest absolute Gasteiger partial charge is 0.410 e. The lowest BCUT2D eigenvalue weighted by Gasteiger charge is -2.57. The zero-order valence-electron chi connectivity index (χ0n) is 36.6. The minimum absolute atomic E-state index is 0.0672. The number of fused-ring (bicyclic) bond motifs is 1. The molecule has 6 rings (SSSR count). The van der Waals surface area contributed by atoms with E-state index in [1.165, 1.54) is 6.92 Å². The molecule has 15 heteroatoms. The van der Waals surface area contributed by atoms with Crippen LogP contribution >= 0.6 is 0 Å². The number of amides is 1. The lowest BCUT2D eigenvalue weighted by atomic mass is 9.58. The Morgan fingerprint density at radius 1 is 1.05 bits per heavy atom. The van der Waals surface area contributed by atoms with Gasteiger partial charge in [-0.15, -0.1) is 0 Å². The number of pyridine rings is 1. The maximum Gasteiger partial charge on any atom is 0.410 e. The van der Waals surface area contributed by atoms with Crippen LogP contribution in [0.25, 0.3) is 11.3 Å². The second-order valence-corrected chi connectivity index (χ2v) is 18.2. The first-order valence-corrected chi connectivity index (χ1v) is 21.2. The number of ketones is 2. The third-order valence-electron chi connectivity index (χ3n) is 14.2. The molecule has 15 nitrogen and oxygen atoms in total. The van der Waals surface area contributed by atoms with Crippen molar-refractivity contribution in [2.75, 3.05) is 27.7 Å². The number of ether oxygens (including phenoxy) is 5. The van der Waals surface area contributed by atoms with Gasteiger partial charge in [0.15, 0.2) is 17.7 Å². The zero-order chi connectivity index (χ0) is 43.2. The molecule has 0 radical (unpaired) electrons. The summed E-state index contributed by atoms with van der Waals surface area (Å²) < 4.78 is 34.5. The fourth-order valence-electron chi connectivity index (χ4n) is 10.8. The second-order valence-electron chi connectivity index (χ2n) is 18.2. The first-order valence-electron chi connectivity index (χ1n) is 21.2. The maximum absolute atomic E-state index is 14.7. The topological polar surface area (TPSA) is 172 Å². The molecule has 4 saturated heterocycles. The molecule has 59 heavy (non-hydrogen) atoms. The number of carbonyl (C=O) groups excluding carboxylic acids is 4. The van der Waals surface area contributed by atoms with Crippen molar-refractivity contribution in [2.45, 2.75) is 148 Å². The number of aromatic nitrogens is 3. The number of cyclic esters (lactones) is 1. The molecule has 0 saturated carbocycles. The molecule has 4 aliphatic rings. The minimum Gasteiger partial charge on any atom is -0.458 e. The van der Waals surface area contributed by atoms with Gasteiger partial charge >= 0.3 is 12.1 Å². The summed E-state index contributed by atoms with van der Waals surface area (Å²) in [6, 6.07) is 2.67. The van der Waals surface area contributed by atoms with Crippen LogP contribution < -0.4 is 0 Å². The Balaban J connectivity index is 1.53. The number of nitrogens with zero attached hydrogens (tertiary/aromatic N) is 5. The van der Waals surface area contributed by atoms with E-state index in [-0.39, 0.29) is 37.3 Å². The normalized spacial score (nSPS) is 39.5. The number of carbonyl (C=O) groups is 4. The lowest BCUT2D eigenvalue weighted by Crippen LogP contribution is -2.68. The van der Waals surface area contributed by atoms with Crippen molar-refractivity contribution < 1.29 is 48.0 Å². The largest absolute Gasteiger partial charge is 0.458 e. The number of aliphatic hydroxyl groups excluding tert-OH is 1. The van der Waals surface area contributed by atoms with E-state index in [0.29, 0.717) is 25.8 Å². The Morgan fingerprint density at radius 3 is 2.42 bits per heavy atom. The van der Waals surface area contributed by atoms with Crippen LogP contribution in [-0.2, 0) is 44.6 Å². The predicted octanol–water partition coefficient (Wildman–Crippen LogP) is 4.93. The molecule has 0 aliphatic carbocycles. The Labute approximate surface area is 348 Å². The third-order valence-corrected chi connectivity index (χ3v) is 14.2. The van der Waals surface area contributed by atoms with Gasteiger partial charge in [-0.2, -0.15) is 0 Å². The average Bonchev–Trinajstić information content (AvgIpc) is 3.78. The summed E-state index contributed by atoms with van der Waals surface area (Å²) in [6.45, 7) is 14.9. The van der Waals surface area contributed by atoms with Crippen LogP contribution in [0.2, 0.25) is 0 Å². The monoisotopic (exact) mass is 823 g/mol. The van der Waals surface area contributed by atoms with Gasteiger partial charge in [0, 0.05) is 73.6 Å². The van der Waals surface area contributed by atoms with E-state index < -0.39 is 88.8 Å². The molecule has 2 aromatic heterocycles. The van der Waals surface area contributed by atoms with Crippen LogP contribution in [0.5, 0.6) is 0 Å². The van der Waals surface area contributed by atoms with Crippen LogP contribution in [0.4, 0.5) is 4.79 Å². The molecule has 4 fully saturated rings. The number of rotatable bonds is 10. The molecule has 1 N–H and O–H groups in total.